The van der Waals surface area contributed by atoms with Crippen LogP contribution in [0.4, 0.5) is 0 Å². The summed E-state index contributed by atoms with van der Waals surface area (Å²) in [5.74, 6) is 1.20. The van der Waals surface area contributed by atoms with Crippen LogP contribution in [-0.2, 0) is 5.60 Å². The van der Waals surface area contributed by atoms with Crippen LogP contribution < -0.4 is 5.32 Å². The number of aliphatic hydroxyl groups is 1. The maximum atomic E-state index is 11.9. The number of carbonyl (C=O) groups is 1. The first-order valence-corrected chi connectivity index (χ1v) is 6.57. The Morgan fingerprint density at radius 2 is 2.40 bits per heavy atom. The molecule has 1 amide bonds. The predicted molar refractivity (Wildman–Crippen MR) is 69.1 cm³/mol. The molecule has 0 aliphatic heterocycles. The number of nitrogens with zero attached hydrogens (tertiary/aromatic N) is 1. The number of nitrogens with one attached hydrogen (secondary N) is 1. The normalized spacial score (nSPS) is 17.7. The number of aromatic nitrogens is 1. The summed E-state index contributed by atoms with van der Waals surface area (Å²) in [6, 6.07) is 5.01. The number of amides is 1. The molecule has 3 rings (SSSR count). The molecule has 6 nitrogen and oxygen atoms in total. The molecule has 1 saturated carbocycles. The van der Waals surface area contributed by atoms with Crippen molar-refractivity contribution >= 4 is 5.91 Å². The molecule has 0 spiro atoms. The highest BCUT2D eigenvalue weighted by molar-refractivity contribution is 5.92. The summed E-state index contributed by atoms with van der Waals surface area (Å²) in [7, 11) is 0. The lowest BCUT2D eigenvalue weighted by Gasteiger charge is -2.20. The van der Waals surface area contributed by atoms with Crippen LogP contribution in [-0.4, -0.2) is 22.7 Å². The molecule has 0 radical (unpaired) electrons. The zero-order valence-electron chi connectivity index (χ0n) is 11.1. The fourth-order valence-electron chi connectivity index (χ4n) is 1.97. The van der Waals surface area contributed by atoms with Crippen molar-refractivity contribution in [2.24, 2.45) is 0 Å². The summed E-state index contributed by atoms with van der Waals surface area (Å²) in [5.41, 5.74) is -1.02. The molecule has 106 valence electrons. The minimum absolute atomic E-state index is 0.0327. The molecule has 2 heterocycles. The second-order valence-electron chi connectivity index (χ2n) is 5.32. The Kier molecular flexibility index (Phi) is 3.10. The van der Waals surface area contributed by atoms with E-state index in [4.69, 9.17) is 8.94 Å². The van der Waals surface area contributed by atoms with Gasteiger partial charge in [0.2, 0.25) is 0 Å². The first-order chi connectivity index (χ1) is 9.56. The standard InChI is InChI=1S/C14H16N2O4/c1-14(18,12-3-2-6-19-12)8-15-13(17)10-7-11(20-16-10)9-4-5-9/h2-3,6-7,9,18H,4-5,8H2,1H3,(H,15,17). The van der Waals surface area contributed by atoms with E-state index >= 15 is 0 Å². The number of rotatable bonds is 5. The van der Waals surface area contributed by atoms with Crippen molar-refractivity contribution in [1.82, 2.24) is 10.5 Å². The van der Waals surface area contributed by atoms with Gasteiger partial charge in [-0.25, -0.2) is 0 Å². The Bertz CT molecular complexity index is 596. The summed E-state index contributed by atoms with van der Waals surface area (Å²) >= 11 is 0. The van der Waals surface area contributed by atoms with Crippen LogP contribution >= 0.6 is 0 Å². The van der Waals surface area contributed by atoms with Gasteiger partial charge >= 0.3 is 0 Å². The van der Waals surface area contributed by atoms with Gasteiger partial charge < -0.3 is 19.4 Å². The molecule has 1 aliphatic carbocycles. The third kappa shape index (κ3) is 2.60. The van der Waals surface area contributed by atoms with Crippen LogP contribution in [0, 0.1) is 0 Å². The summed E-state index contributed by atoms with van der Waals surface area (Å²) in [4.78, 5) is 11.9. The molecule has 1 unspecified atom stereocenters. The van der Waals surface area contributed by atoms with Gasteiger partial charge in [-0.05, 0) is 31.9 Å². The SMILES string of the molecule is CC(O)(CNC(=O)c1cc(C2CC2)on1)c1ccco1. The van der Waals surface area contributed by atoms with E-state index in [0.717, 1.165) is 18.6 Å². The fourth-order valence-corrected chi connectivity index (χ4v) is 1.97. The first kappa shape index (κ1) is 12.9. The highest BCUT2D eigenvalue weighted by atomic mass is 16.5. The van der Waals surface area contributed by atoms with Gasteiger partial charge in [0.25, 0.3) is 5.91 Å². The molecule has 0 bridgehead atoms. The maximum absolute atomic E-state index is 11.9. The summed E-state index contributed by atoms with van der Waals surface area (Å²) in [6.45, 7) is 1.61. The lowest BCUT2D eigenvalue weighted by Crippen LogP contribution is -2.38. The third-order valence-corrected chi connectivity index (χ3v) is 3.39. The molecule has 20 heavy (non-hydrogen) atoms. The summed E-state index contributed by atoms with van der Waals surface area (Å²) < 4.78 is 10.3. The van der Waals surface area contributed by atoms with Crippen LogP contribution in [0.1, 0.15) is 47.7 Å². The molecule has 1 atom stereocenters. The van der Waals surface area contributed by atoms with Crippen molar-refractivity contribution in [3.05, 3.63) is 41.7 Å². The average molecular weight is 276 g/mol. The second kappa shape index (κ2) is 4.79. The van der Waals surface area contributed by atoms with Crippen molar-refractivity contribution in [3.8, 4) is 0 Å². The van der Waals surface area contributed by atoms with E-state index in [0.29, 0.717) is 11.7 Å². The van der Waals surface area contributed by atoms with E-state index in [1.165, 1.54) is 6.26 Å². The van der Waals surface area contributed by atoms with Crippen LogP contribution in [0.3, 0.4) is 0 Å². The minimum atomic E-state index is -1.26. The van der Waals surface area contributed by atoms with Crippen molar-refractivity contribution in [2.45, 2.75) is 31.3 Å². The second-order valence-corrected chi connectivity index (χ2v) is 5.32. The minimum Gasteiger partial charge on any atom is -0.466 e. The lowest BCUT2D eigenvalue weighted by molar-refractivity contribution is 0.0329. The Morgan fingerprint density at radius 3 is 3.05 bits per heavy atom. The average Bonchev–Trinajstić information content (AvgIpc) is 2.97. The quantitative estimate of drug-likeness (QED) is 0.869. The van der Waals surface area contributed by atoms with Crippen LogP contribution in [0.15, 0.2) is 33.4 Å². The number of furan rings is 1. The Hall–Kier alpha value is -2.08. The topological polar surface area (TPSA) is 88.5 Å². The molecule has 0 saturated heterocycles. The molecule has 2 aromatic rings. The molecule has 2 N–H and O–H groups in total. The van der Waals surface area contributed by atoms with E-state index in [9.17, 15) is 9.90 Å². The van der Waals surface area contributed by atoms with E-state index in [1.54, 1.807) is 25.1 Å². The molecule has 6 heteroatoms. The van der Waals surface area contributed by atoms with Gasteiger partial charge in [-0.2, -0.15) is 0 Å². The Morgan fingerprint density at radius 1 is 1.60 bits per heavy atom. The van der Waals surface area contributed by atoms with Gasteiger partial charge in [-0.3, -0.25) is 4.79 Å². The van der Waals surface area contributed by atoms with E-state index in [2.05, 4.69) is 10.5 Å². The largest absolute Gasteiger partial charge is 0.466 e. The van der Waals surface area contributed by atoms with Crippen molar-refractivity contribution in [2.75, 3.05) is 6.54 Å². The summed E-state index contributed by atoms with van der Waals surface area (Å²) in [6.07, 6.45) is 3.65. The molecule has 0 aromatic carbocycles. The number of carbonyl (C=O) groups excluding carboxylic acids is 1. The Balaban J connectivity index is 1.61. The van der Waals surface area contributed by atoms with Gasteiger partial charge in [-0.15, -0.1) is 0 Å². The van der Waals surface area contributed by atoms with Crippen LogP contribution in [0.2, 0.25) is 0 Å². The predicted octanol–water partition coefficient (Wildman–Crippen LogP) is 1.78. The van der Waals surface area contributed by atoms with Gasteiger partial charge in [0.1, 0.15) is 17.1 Å². The van der Waals surface area contributed by atoms with Gasteiger partial charge in [-0.1, -0.05) is 5.16 Å². The van der Waals surface area contributed by atoms with Gasteiger partial charge in [0, 0.05) is 12.0 Å². The zero-order valence-corrected chi connectivity index (χ0v) is 11.1. The maximum Gasteiger partial charge on any atom is 0.273 e. The van der Waals surface area contributed by atoms with E-state index in [-0.39, 0.29) is 18.1 Å². The first-order valence-electron chi connectivity index (χ1n) is 6.57. The lowest BCUT2D eigenvalue weighted by atomic mass is 10.0. The summed E-state index contributed by atoms with van der Waals surface area (Å²) in [5, 5.41) is 16.6. The fraction of sp³-hybridized carbons (Fsp3) is 0.429. The van der Waals surface area contributed by atoms with Crippen LogP contribution in [0.5, 0.6) is 0 Å². The molecule has 1 aliphatic rings. The highest BCUT2D eigenvalue weighted by Crippen LogP contribution is 2.40. The van der Waals surface area contributed by atoms with Crippen molar-refractivity contribution < 1.29 is 18.8 Å². The van der Waals surface area contributed by atoms with Crippen LogP contribution in [0.25, 0.3) is 0 Å². The highest BCUT2D eigenvalue weighted by Gasteiger charge is 2.30. The van der Waals surface area contributed by atoms with Gasteiger partial charge in [0.05, 0.1) is 12.8 Å². The third-order valence-electron chi connectivity index (χ3n) is 3.39. The number of hydrogen-bond donors (Lipinski definition) is 2. The van der Waals surface area contributed by atoms with Gasteiger partial charge in [0.15, 0.2) is 5.69 Å². The monoisotopic (exact) mass is 276 g/mol. The molecular weight excluding hydrogens is 260 g/mol. The van der Waals surface area contributed by atoms with E-state index < -0.39 is 5.60 Å². The van der Waals surface area contributed by atoms with E-state index in [1.807, 2.05) is 0 Å². The smallest absolute Gasteiger partial charge is 0.273 e. The van der Waals surface area contributed by atoms with Crippen molar-refractivity contribution in [3.63, 3.8) is 0 Å². The Labute approximate surface area is 115 Å². The molecular formula is C14H16N2O4. The number of hydrogen-bond acceptors (Lipinski definition) is 5. The molecule has 2 aromatic heterocycles. The molecule has 1 fully saturated rings. The van der Waals surface area contributed by atoms with Crippen molar-refractivity contribution in [1.29, 1.82) is 0 Å². The zero-order chi connectivity index (χ0) is 14.2.